The number of halogens is 3. The molecule has 4 nitrogen and oxygen atoms in total. The monoisotopic (exact) mass is 532 g/mol. The normalized spacial score (nSPS) is 11.5. The van der Waals surface area contributed by atoms with Crippen molar-refractivity contribution in [3.05, 3.63) is 68.5 Å². The van der Waals surface area contributed by atoms with Crippen LogP contribution in [0, 0.1) is 0 Å². The second-order valence-corrected chi connectivity index (χ2v) is 7.52. The molecule has 0 aliphatic rings. The van der Waals surface area contributed by atoms with Crippen LogP contribution in [0.3, 0.4) is 0 Å². The second-order valence-electron chi connectivity index (χ2n) is 4.90. The number of benzene rings is 2. The first-order chi connectivity index (χ1) is 12.0. The van der Waals surface area contributed by atoms with Crippen LogP contribution in [0.25, 0.3) is 0 Å². The van der Waals surface area contributed by atoms with Crippen molar-refractivity contribution in [1.29, 1.82) is 0 Å². The molecule has 1 unspecified atom stereocenters. The third kappa shape index (κ3) is 6.49. The summed E-state index contributed by atoms with van der Waals surface area (Å²) in [6, 6.07) is 13.0. The molecule has 0 heterocycles. The number of para-hydroxylation sites is 1. The van der Waals surface area contributed by atoms with Crippen LogP contribution in [-0.2, 0) is 9.53 Å². The number of esters is 1. The number of rotatable bonds is 8. The maximum Gasteiger partial charge on any atom is 0.330 e. The highest BCUT2D eigenvalue weighted by Crippen LogP contribution is 2.36. The van der Waals surface area contributed by atoms with Crippen molar-refractivity contribution in [2.45, 2.75) is 6.10 Å². The molecular formula is C18H15Br3O4. The van der Waals surface area contributed by atoms with Gasteiger partial charge in [-0.15, -0.1) is 0 Å². The first-order valence-electron chi connectivity index (χ1n) is 7.28. The molecular weight excluding hydrogens is 520 g/mol. The van der Waals surface area contributed by atoms with Crippen molar-refractivity contribution in [1.82, 2.24) is 0 Å². The lowest BCUT2D eigenvalue weighted by molar-refractivity contribution is -0.146. The average Bonchev–Trinajstić information content (AvgIpc) is 2.59. The maximum atomic E-state index is 11.5. The smallest absolute Gasteiger partial charge is 0.330 e. The van der Waals surface area contributed by atoms with Gasteiger partial charge in [0.05, 0.1) is 8.95 Å². The standard InChI is InChI=1S/C18H15Br3O4/c1-2-17(22)25-14(10-23-13-6-4-3-5-7-13)11-24-18-15(20)8-12(19)9-16(18)21/h2-9,14H,1,10-11H2. The third-order valence-corrected chi connectivity index (χ3v) is 4.64. The Labute approximate surface area is 171 Å². The predicted molar refractivity (Wildman–Crippen MR) is 107 cm³/mol. The van der Waals surface area contributed by atoms with Crippen LogP contribution < -0.4 is 9.47 Å². The van der Waals surface area contributed by atoms with Crippen LogP contribution in [0.5, 0.6) is 11.5 Å². The lowest BCUT2D eigenvalue weighted by Gasteiger charge is -2.19. The molecule has 7 heteroatoms. The van der Waals surface area contributed by atoms with Gasteiger partial charge in [-0.25, -0.2) is 4.79 Å². The zero-order valence-corrected chi connectivity index (χ0v) is 17.8. The van der Waals surface area contributed by atoms with E-state index in [2.05, 4.69) is 54.4 Å². The highest BCUT2D eigenvalue weighted by atomic mass is 79.9. The summed E-state index contributed by atoms with van der Waals surface area (Å²) < 4.78 is 19.2. The zero-order valence-electron chi connectivity index (χ0n) is 13.1. The first kappa shape index (κ1) is 20.0. The molecule has 0 aliphatic carbocycles. The van der Waals surface area contributed by atoms with Crippen molar-refractivity contribution in [3.8, 4) is 11.5 Å². The van der Waals surface area contributed by atoms with E-state index in [1.807, 2.05) is 42.5 Å². The van der Waals surface area contributed by atoms with Gasteiger partial charge in [0.25, 0.3) is 0 Å². The fourth-order valence-electron chi connectivity index (χ4n) is 1.88. The summed E-state index contributed by atoms with van der Waals surface area (Å²) in [5.41, 5.74) is 0. The van der Waals surface area contributed by atoms with Crippen molar-refractivity contribution in [3.63, 3.8) is 0 Å². The molecule has 0 aliphatic heterocycles. The zero-order chi connectivity index (χ0) is 18.2. The SMILES string of the molecule is C=CC(=O)OC(COc1ccccc1)COc1c(Br)cc(Br)cc1Br. The van der Waals surface area contributed by atoms with Gasteiger partial charge in [0.15, 0.2) is 6.10 Å². The van der Waals surface area contributed by atoms with Gasteiger partial charge in [-0.2, -0.15) is 0 Å². The van der Waals surface area contributed by atoms with Crippen LogP contribution in [0.4, 0.5) is 0 Å². The molecule has 1 atom stereocenters. The van der Waals surface area contributed by atoms with Crippen LogP contribution >= 0.6 is 47.8 Å². The molecule has 132 valence electrons. The largest absolute Gasteiger partial charge is 0.490 e. The fraction of sp³-hybridized carbons (Fsp3) is 0.167. The molecule has 0 N–H and O–H groups in total. The van der Waals surface area contributed by atoms with E-state index >= 15 is 0 Å². The average molecular weight is 535 g/mol. The molecule has 0 aromatic heterocycles. The molecule has 0 spiro atoms. The van der Waals surface area contributed by atoms with Gasteiger partial charge in [0.2, 0.25) is 0 Å². The summed E-state index contributed by atoms with van der Waals surface area (Å²) in [6.07, 6.45) is 0.522. The van der Waals surface area contributed by atoms with E-state index in [1.54, 1.807) is 0 Å². The summed E-state index contributed by atoms with van der Waals surface area (Å²) in [7, 11) is 0. The molecule has 0 saturated carbocycles. The summed E-state index contributed by atoms with van der Waals surface area (Å²) in [5.74, 6) is 0.773. The third-order valence-electron chi connectivity index (χ3n) is 3.01. The summed E-state index contributed by atoms with van der Waals surface area (Å²) in [4.78, 5) is 11.5. The van der Waals surface area contributed by atoms with E-state index in [0.29, 0.717) is 11.5 Å². The van der Waals surface area contributed by atoms with E-state index in [9.17, 15) is 4.79 Å². The van der Waals surface area contributed by atoms with E-state index in [0.717, 1.165) is 19.5 Å². The minimum absolute atomic E-state index is 0.130. The van der Waals surface area contributed by atoms with Crippen LogP contribution in [0.15, 0.2) is 68.5 Å². The van der Waals surface area contributed by atoms with Gasteiger partial charge in [0.1, 0.15) is 24.7 Å². The number of carbonyl (C=O) groups is 1. The summed E-state index contributed by atoms with van der Waals surface area (Å²) in [5, 5.41) is 0. The number of ether oxygens (including phenoxy) is 3. The Morgan fingerprint density at radius 2 is 1.64 bits per heavy atom. The van der Waals surface area contributed by atoms with Crippen molar-refractivity contribution < 1.29 is 19.0 Å². The van der Waals surface area contributed by atoms with E-state index in [1.165, 1.54) is 0 Å². The Bertz CT molecular complexity index is 711. The fourth-order valence-corrected chi connectivity index (χ4v) is 4.37. The molecule has 2 rings (SSSR count). The quantitative estimate of drug-likeness (QED) is 0.330. The second kappa shape index (κ2) is 9.99. The topological polar surface area (TPSA) is 44.8 Å². The maximum absolute atomic E-state index is 11.5. The lowest BCUT2D eigenvalue weighted by Crippen LogP contribution is -2.30. The number of hydrogen-bond donors (Lipinski definition) is 0. The molecule has 2 aromatic carbocycles. The van der Waals surface area contributed by atoms with Gasteiger partial charge >= 0.3 is 5.97 Å². The Morgan fingerprint density at radius 1 is 1.04 bits per heavy atom. The van der Waals surface area contributed by atoms with Gasteiger partial charge < -0.3 is 14.2 Å². The van der Waals surface area contributed by atoms with Crippen LogP contribution in [0.2, 0.25) is 0 Å². The van der Waals surface area contributed by atoms with E-state index < -0.39 is 12.1 Å². The Balaban J connectivity index is 2.03. The number of carbonyl (C=O) groups excluding carboxylic acids is 1. The minimum atomic E-state index is -0.590. The van der Waals surface area contributed by atoms with Crippen LogP contribution in [0.1, 0.15) is 0 Å². The molecule has 0 bridgehead atoms. The van der Waals surface area contributed by atoms with Crippen LogP contribution in [-0.4, -0.2) is 25.3 Å². The van der Waals surface area contributed by atoms with E-state index in [4.69, 9.17) is 14.2 Å². The highest BCUT2D eigenvalue weighted by molar-refractivity contribution is 9.11. The first-order valence-corrected chi connectivity index (χ1v) is 9.65. The van der Waals surface area contributed by atoms with E-state index in [-0.39, 0.29) is 13.2 Å². The molecule has 0 amide bonds. The molecule has 0 saturated heterocycles. The minimum Gasteiger partial charge on any atom is -0.490 e. The number of hydrogen-bond acceptors (Lipinski definition) is 4. The summed E-state index contributed by atoms with van der Waals surface area (Å²) in [6.45, 7) is 3.70. The molecule has 0 fully saturated rings. The molecule has 0 radical (unpaired) electrons. The lowest BCUT2D eigenvalue weighted by atomic mass is 10.3. The Hall–Kier alpha value is -1.31. The Kier molecular flexibility index (Phi) is 7.99. The van der Waals surface area contributed by atoms with Gasteiger partial charge in [0, 0.05) is 10.5 Å². The van der Waals surface area contributed by atoms with Crippen molar-refractivity contribution in [2.24, 2.45) is 0 Å². The molecule has 2 aromatic rings. The summed E-state index contributed by atoms with van der Waals surface area (Å²) >= 11 is 10.3. The predicted octanol–water partition coefficient (Wildman–Crippen LogP) is 5.53. The van der Waals surface area contributed by atoms with Crippen molar-refractivity contribution in [2.75, 3.05) is 13.2 Å². The van der Waals surface area contributed by atoms with Gasteiger partial charge in [-0.3, -0.25) is 0 Å². The molecule has 25 heavy (non-hydrogen) atoms. The highest BCUT2D eigenvalue weighted by Gasteiger charge is 2.17. The van der Waals surface area contributed by atoms with Crippen molar-refractivity contribution >= 4 is 53.8 Å². The van der Waals surface area contributed by atoms with Gasteiger partial charge in [-0.1, -0.05) is 40.7 Å². The van der Waals surface area contributed by atoms with Gasteiger partial charge in [-0.05, 0) is 56.1 Å². The Morgan fingerprint density at radius 3 is 2.24 bits per heavy atom.